The number of nitrogens with zero attached hydrogens (tertiary/aromatic N) is 3. The van der Waals surface area contributed by atoms with Crippen molar-refractivity contribution in [2.45, 2.75) is 19.5 Å². The zero-order valence-corrected chi connectivity index (χ0v) is 13.4. The lowest BCUT2D eigenvalue weighted by Crippen LogP contribution is -2.36. The van der Waals surface area contributed by atoms with Crippen LogP contribution >= 0.6 is 11.6 Å². The van der Waals surface area contributed by atoms with Crippen molar-refractivity contribution in [2.24, 2.45) is 0 Å². The molecule has 0 saturated heterocycles. The number of nitrogens with one attached hydrogen (secondary N) is 1. The van der Waals surface area contributed by atoms with Crippen LogP contribution in [-0.2, 0) is 4.79 Å². The summed E-state index contributed by atoms with van der Waals surface area (Å²) in [6.45, 7) is -2.58. The number of carbonyl (C=O) groups excluding carboxylic acids is 1. The molecule has 1 aromatic rings. The third kappa shape index (κ3) is 6.67. The van der Waals surface area contributed by atoms with Crippen molar-refractivity contribution < 1.29 is 18.3 Å². The number of hydrogen-bond acceptors (Lipinski definition) is 5. The lowest BCUT2D eigenvalue weighted by atomic mass is 10.3. The molecule has 0 bridgehead atoms. The molecule has 0 saturated carbocycles. The number of anilines is 1. The van der Waals surface area contributed by atoms with Crippen LogP contribution in [0.5, 0.6) is 5.75 Å². The predicted molar refractivity (Wildman–Crippen MR) is 83.6 cm³/mol. The molecule has 0 unspecified atom stereocenters. The van der Waals surface area contributed by atoms with Crippen molar-refractivity contribution in [2.75, 3.05) is 25.0 Å². The van der Waals surface area contributed by atoms with E-state index in [-0.39, 0.29) is 49.2 Å². The molecule has 1 N–H and O–H groups in total. The van der Waals surface area contributed by atoms with E-state index < -0.39 is 6.61 Å². The molecule has 0 aliphatic heterocycles. The van der Waals surface area contributed by atoms with Crippen LogP contribution in [-0.4, -0.2) is 37.1 Å². The maximum absolute atomic E-state index is 12.2. The Morgan fingerprint density at radius 1 is 1.29 bits per heavy atom. The molecule has 0 fully saturated rings. The molecular formula is C15H15ClF2N4O2. The Morgan fingerprint density at radius 2 is 1.92 bits per heavy atom. The van der Waals surface area contributed by atoms with Gasteiger partial charge in [0.05, 0.1) is 36.5 Å². The molecule has 1 rings (SSSR count). The van der Waals surface area contributed by atoms with Crippen molar-refractivity contribution in [3.8, 4) is 17.9 Å². The molecule has 0 heterocycles. The average Bonchev–Trinajstić information content (AvgIpc) is 2.54. The molecule has 1 amide bonds. The third-order valence-electron chi connectivity index (χ3n) is 2.93. The Balaban J connectivity index is 2.62. The highest BCUT2D eigenvalue weighted by Crippen LogP contribution is 2.28. The number of alkyl halides is 2. The molecule has 0 aliphatic rings. The Kier molecular flexibility index (Phi) is 8.31. The summed E-state index contributed by atoms with van der Waals surface area (Å²) in [5, 5.41) is 20.0. The molecule has 0 radical (unpaired) electrons. The summed E-state index contributed by atoms with van der Waals surface area (Å²) in [5.41, 5.74) is 0.454. The molecule has 128 valence electrons. The zero-order chi connectivity index (χ0) is 17.9. The highest BCUT2D eigenvalue weighted by atomic mass is 35.5. The standard InChI is InChI=1S/C15H15ClF2N4O2/c16-12-9-11(3-4-13(12)24-15(17)18)21-10-14(23)22(7-1-5-19)8-2-6-20/h3-4,9,15,21H,1-2,7-8,10H2. The monoisotopic (exact) mass is 356 g/mol. The minimum Gasteiger partial charge on any atom is -0.433 e. The van der Waals surface area contributed by atoms with Gasteiger partial charge in [-0.25, -0.2) is 0 Å². The summed E-state index contributed by atoms with van der Waals surface area (Å²) < 4.78 is 28.5. The van der Waals surface area contributed by atoms with Crippen molar-refractivity contribution in [3.05, 3.63) is 23.2 Å². The van der Waals surface area contributed by atoms with E-state index in [0.717, 1.165) is 0 Å². The van der Waals surface area contributed by atoms with E-state index in [0.29, 0.717) is 5.69 Å². The second kappa shape index (κ2) is 10.2. The average molecular weight is 357 g/mol. The van der Waals surface area contributed by atoms with Gasteiger partial charge in [-0.1, -0.05) is 11.6 Å². The number of ether oxygens (including phenoxy) is 1. The SMILES string of the molecule is N#CCCN(CCC#N)C(=O)CNc1ccc(OC(F)F)c(Cl)c1. The van der Waals surface area contributed by atoms with Crippen LogP contribution in [0.25, 0.3) is 0 Å². The fraction of sp³-hybridized carbons (Fsp3) is 0.400. The van der Waals surface area contributed by atoms with E-state index in [9.17, 15) is 13.6 Å². The predicted octanol–water partition coefficient (Wildman–Crippen LogP) is 3.01. The van der Waals surface area contributed by atoms with E-state index in [1.54, 1.807) is 0 Å². The van der Waals surface area contributed by atoms with Crippen LogP contribution in [0.2, 0.25) is 5.02 Å². The summed E-state index contributed by atoms with van der Waals surface area (Å²) >= 11 is 5.82. The number of rotatable bonds is 9. The van der Waals surface area contributed by atoms with Gasteiger partial charge in [-0.05, 0) is 18.2 Å². The van der Waals surface area contributed by atoms with Gasteiger partial charge < -0.3 is 15.0 Å². The van der Waals surface area contributed by atoms with Crippen molar-refractivity contribution in [1.82, 2.24) is 4.90 Å². The van der Waals surface area contributed by atoms with Crippen LogP contribution in [0.3, 0.4) is 0 Å². The first kappa shape index (κ1) is 19.5. The van der Waals surface area contributed by atoms with Gasteiger partial charge in [-0.15, -0.1) is 0 Å². The molecule has 0 aliphatic carbocycles. The molecular weight excluding hydrogens is 342 g/mol. The Bertz CT molecular complexity index is 625. The van der Waals surface area contributed by atoms with Gasteiger partial charge in [-0.3, -0.25) is 4.79 Å². The maximum atomic E-state index is 12.2. The summed E-state index contributed by atoms with van der Waals surface area (Å²) in [6.07, 6.45) is 0.339. The van der Waals surface area contributed by atoms with Gasteiger partial charge in [0.25, 0.3) is 0 Å². The highest BCUT2D eigenvalue weighted by Gasteiger charge is 2.13. The lowest BCUT2D eigenvalue weighted by Gasteiger charge is -2.21. The number of amides is 1. The molecule has 0 atom stereocenters. The highest BCUT2D eigenvalue weighted by molar-refractivity contribution is 6.32. The van der Waals surface area contributed by atoms with Crippen LogP contribution in [0.1, 0.15) is 12.8 Å². The fourth-order valence-corrected chi connectivity index (χ4v) is 2.05. The maximum Gasteiger partial charge on any atom is 0.387 e. The molecule has 0 spiro atoms. The Labute approximate surface area is 143 Å². The molecule has 24 heavy (non-hydrogen) atoms. The zero-order valence-electron chi connectivity index (χ0n) is 12.6. The van der Waals surface area contributed by atoms with Gasteiger partial charge in [0.2, 0.25) is 5.91 Å². The molecule has 9 heteroatoms. The van der Waals surface area contributed by atoms with Crippen LogP contribution in [0.15, 0.2) is 18.2 Å². The number of benzene rings is 1. The second-order valence-electron chi connectivity index (χ2n) is 4.57. The van der Waals surface area contributed by atoms with E-state index >= 15 is 0 Å². The normalized spacial score (nSPS) is 9.92. The van der Waals surface area contributed by atoms with Gasteiger partial charge in [-0.2, -0.15) is 19.3 Å². The minimum absolute atomic E-state index is 0.0152. The smallest absolute Gasteiger partial charge is 0.387 e. The van der Waals surface area contributed by atoms with Crippen LogP contribution in [0.4, 0.5) is 14.5 Å². The quantitative estimate of drug-likeness (QED) is 0.734. The lowest BCUT2D eigenvalue weighted by molar-refractivity contribution is -0.129. The van der Waals surface area contributed by atoms with Gasteiger partial charge in [0.1, 0.15) is 5.75 Å². The topological polar surface area (TPSA) is 89.2 Å². The Hall–Kier alpha value is -2.58. The summed E-state index contributed by atoms with van der Waals surface area (Å²) in [7, 11) is 0. The molecule has 1 aromatic carbocycles. The van der Waals surface area contributed by atoms with E-state index in [1.165, 1.54) is 23.1 Å². The van der Waals surface area contributed by atoms with Crippen molar-refractivity contribution >= 4 is 23.2 Å². The van der Waals surface area contributed by atoms with Crippen LogP contribution in [0, 0.1) is 22.7 Å². The van der Waals surface area contributed by atoms with Gasteiger partial charge in [0, 0.05) is 18.8 Å². The largest absolute Gasteiger partial charge is 0.433 e. The third-order valence-corrected chi connectivity index (χ3v) is 3.23. The van der Waals surface area contributed by atoms with E-state index in [1.807, 2.05) is 12.1 Å². The Morgan fingerprint density at radius 3 is 2.42 bits per heavy atom. The van der Waals surface area contributed by atoms with Gasteiger partial charge in [0.15, 0.2) is 0 Å². The van der Waals surface area contributed by atoms with Crippen molar-refractivity contribution in [1.29, 1.82) is 10.5 Å². The van der Waals surface area contributed by atoms with Crippen LogP contribution < -0.4 is 10.1 Å². The van der Waals surface area contributed by atoms with Gasteiger partial charge >= 0.3 is 6.61 Å². The summed E-state index contributed by atoms with van der Waals surface area (Å²) in [5.74, 6) is -0.447. The first-order valence-corrected chi connectivity index (χ1v) is 7.35. The number of halogens is 3. The number of carbonyl (C=O) groups is 1. The summed E-state index contributed by atoms with van der Waals surface area (Å²) in [4.78, 5) is 13.5. The minimum atomic E-state index is -2.98. The number of hydrogen-bond donors (Lipinski definition) is 1. The molecule has 0 aromatic heterocycles. The van der Waals surface area contributed by atoms with E-state index in [4.69, 9.17) is 22.1 Å². The first-order valence-electron chi connectivity index (χ1n) is 6.97. The van der Waals surface area contributed by atoms with Crippen molar-refractivity contribution in [3.63, 3.8) is 0 Å². The van der Waals surface area contributed by atoms with E-state index in [2.05, 4.69) is 10.1 Å². The molecule has 6 nitrogen and oxygen atoms in total. The first-order chi connectivity index (χ1) is 11.5. The fourth-order valence-electron chi connectivity index (χ4n) is 1.82. The number of nitriles is 2. The summed E-state index contributed by atoms with van der Waals surface area (Å²) in [6, 6.07) is 7.97. The second-order valence-corrected chi connectivity index (χ2v) is 4.98.